The second-order valence-corrected chi connectivity index (χ2v) is 13.6. The number of nitrogens with zero attached hydrogens (tertiary/aromatic N) is 3. The first-order chi connectivity index (χ1) is 20.8. The highest BCUT2D eigenvalue weighted by Crippen LogP contribution is 2.29. The Morgan fingerprint density at radius 1 is 1.07 bits per heavy atom. The molecule has 0 aliphatic carbocycles. The molecular formula is C34H55N3O7. The highest BCUT2D eigenvalue weighted by molar-refractivity contribution is 5.95. The lowest BCUT2D eigenvalue weighted by Gasteiger charge is -2.33. The molecule has 0 spiro atoms. The molecule has 3 amide bonds. The summed E-state index contributed by atoms with van der Waals surface area (Å²) in [4.78, 5) is 45.6. The summed E-state index contributed by atoms with van der Waals surface area (Å²) in [6.45, 7) is 15.2. The molecule has 0 unspecified atom stereocenters. The SMILES string of the molecule is COCCCOc1cc(C(=O)N(C[C@@H]2CN(C(=O)OC(C)(C)C)C[C@H]2CN(C)C(=O)C[C@H]2CCCCO2)C(C)C)ccc1C. The van der Waals surface area contributed by atoms with Gasteiger partial charge in [-0.25, -0.2) is 4.79 Å². The summed E-state index contributed by atoms with van der Waals surface area (Å²) in [6, 6.07) is 5.50. The zero-order valence-electron chi connectivity index (χ0n) is 28.2. The first kappa shape index (κ1) is 35.6. The predicted octanol–water partition coefficient (Wildman–Crippen LogP) is 5.16. The number of likely N-dealkylation sites (tertiary alicyclic amines) is 1. The van der Waals surface area contributed by atoms with Gasteiger partial charge in [-0.3, -0.25) is 9.59 Å². The Morgan fingerprint density at radius 3 is 2.39 bits per heavy atom. The van der Waals surface area contributed by atoms with Gasteiger partial charge in [0.2, 0.25) is 5.91 Å². The molecule has 3 atom stereocenters. The number of amides is 3. The molecule has 248 valence electrons. The lowest BCUT2D eigenvalue weighted by atomic mass is 9.93. The zero-order valence-corrected chi connectivity index (χ0v) is 28.2. The van der Waals surface area contributed by atoms with Gasteiger partial charge in [0, 0.05) is 83.4 Å². The van der Waals surface area contributed by atoms with E-state index in [0.29, 0.717) is 63.7 Å². The molecule has 10 heteroatoms. The van der Waals surface area contributed by atoms with Gasteiger partial charge in [0.05, 0.1) is 19.1 Å². The molecule has 0 bridgehead atoms. The number of benzene rings is 1. The largest absolute Gasteiger partial charge is 0.493 e. The average molecular weight is 618 g/mol. The summed E-state index contributed by atoms with van der Waals surface area (Å²) < 4.78 is 22.6. The standard InChI is InChI=1S/C34H55N3O7/c1-24(2)37(32(39)26-14-13-25(3)30(18-26)43-17-11-15-41-8)23-28-22-36(33(40)44-34(4,5)6)21-27(28)20-35(7)31(38)19-29-12-9-10-16-42-29/h13-14,18,24,27-29H,9-12,15-17,19-23H2,1-8H3/t27-,28+,29-/m1/s1. The van der Waals surface area contributed by atoms with E-state index in [4.69, 9.17) is 18.9 Å². The van der Waals surface area contributed by atoms with Gasteiger partial charge in [0.1, 0.15) is 11.4 Å². The van der Waals surface area contributed by atoms with Crippen molar-refractivity contribution in [1.82, 2.24) is 14.7 Å². The molecule has 2 heterocycles. The maximum absolute atomic E-state index is 13.9. The number of ether oxygens (including phenoxy) is 4. The van der Waals surface area contributed by atoms with Crippen molar-refractivity contribution in [2.24, 2.45) is 11.8 Å². The van der Waals surface area contributed by atoms with Crippen LogP contribution in [0.4, 0.5) is 4.79 Å². The van der Waals surface area contributed by atoms with Crippen molar-refractivity contribution in [3.8, 4) is 5.75 Å². The van der Waals surface area contributed by atoms with Crippen LogP contribution in [0.3, 0.4) is 0 Å². The molecule has 2 aliphatic rings. The molecular weight excluding hydrogens is 562 g/mol. The molecule has 1 aromatic carbocycles. The van der Waals surface area contributed by atoms with E-state index in [1.54, 1.807) is 16.9 Å². The van der Waals surface area contributed by atoms with E-state index in [-0.39, 0.29) is 41.9 Å². The summed E-state index contributed by atoms with van der Waals surface area (Å²) in [5, 5.41) is 0. The summed E-state index contributed by atoms with van der Waals surface area (Å²) in [7, 11) is 3.49. The number of hydrogen-bond donors (Lipinski definition) is 0. The normalized spacial score (nSPS) is 20.5. The number of carbonyl (C=O) groups excluding carboxylic acids is 3. The Bertz CT molecular complexity index is 1100. The Kier molecular flexibility index (Phi) is 13.3. The fourth-order valence-electron chi connectivity index (χ4n) is 5.82. The second kappa shape index (κ2) is 16.5. The van der Waals surface area contributed by atoms with Gasteiger partial charge in [0.15, 0.2) is 0 Å². The van der Waals surface area contributed by atoms with E-state index in [2.05, 4.69) is 0 Å². The van der Waals surface area contributed by atoms with Crippen molar-refractivity contribution >= 4 is 17.9 Å². The summed E-state index contributed by atoms with van der Waals surface area (Å²) >= 11 is 0. The Balaban J connectivity index is 1.77. The van der Waals surface area contributed by atoms with Crippen molar-refractivity contribution in [1.29, 1.82) is 0 Å². The molecule has 1 aromatic rings. The average Bonchev–Trinajstić information content (AvgIpc) is 3.36. The lowest BCUT2D eigenvalue weighted by molar-refractivity contribution is -0.134. The Morgan fingerprint density at radius 2 is 1.77 bits per heavy atom. The minimum atomic E-state index is -0.619. The van der Waals surface area contributed by atoms with E-state index < -0.39 is 5.60 Å². The van der Waals surface area contributed by atoms with Crippen LogP contribution in [0, 0.1) is 18.8 Å². The molecule has 3 rings (SSSR count). The smallest absolute Gasteiger partial charge is 0.410 e. The van der Waals surface area contributed by atoms with Crippen LogP contribution in [0.25, 0.3) is 0 Å². The summed E-state index contributed by atoms with van der Waals surface area (Å²) in [6.07, 6.45) is 3.75. The minimum absolute atomic E-state index is 0.0181. The highest BCUT2D eigenvalue weighted by Gasteiger charge is 2.40. The van der Waals surface area contributed by atoms with Crippen LogP contribution < -0.4 is 4.74 Å². The molecule has 0 saturated carbocycles. The fourth-order valence-corrected chi connectivity index (χ4v) is 5.82. The third kappa shape index (κ3) is 10.6. The second-order valence-electron chi connectivity index (χ2n) is 13.6. The van der Waals surface area contributed by atoms with Crippen molar-refractivity contribution in [2.75, 3.05) is 60.2 Å². The maximum atomic E-state index is 13.9. The van der Waals surface area contributed by atoms with Crippen LogP contribution in [0.1, 0.15) is 82.6 Å². The van der Waals surface area contributed by atoms with Gasteiger partial charge in [-0.15, -0.1) is 0 Å². The molecule has 2 aliphatic heterocycles. The third-order valence-electron chi connectivity index (χ3n) is 8.34. The molecule has 2 fully saturated rings. The lowest BCUT2D eigenvalue weighted by Crippen LogP contribution is -2.44. The number of rotatable bonds is 13. The number of hydrogen-bond acceptors (Lipinski definition) is 7. The van der Waals surface area contributed by atoms with Crippen LogP contribution in [0.5, 0.6) is 5.75 Å². The third-order valence-corrected chi connectivity index (χ3v) is 8.34. The van der Waals surface area contributed by atoms with Crippen LogP contribution in [-0.4, -0.2) is 111 Å². The van der Waals surface area contributed by atoms with Crippen molar-refractivity contribution in [3.63, 3.8) is 0 Å². The maximum Gasteiger partial charge on any atom is 0.410 e. The first-order valence-corrected chi connectivity index (χ1v) is 16.2. The van der Waals surface area contributed by atoms with Gasteiger partial charge in [-0.1, -0.05) is 6.07 Å². The van der Waals surface area contributed by atoms with Gasteiger partial charge in [-0.2, -0.15) is 0 Å². The van der Waals surface area contributed by atoms with Crippen molar-refractivity contribution in [2.45, 2.75) is 91.4 Å². The van der Waals surface area contributed by atoms with Gasteiger partial charge in [-0.05, 0) is 78.5 Å². The molecule has 0 radical (unpaired) electrons. The monoisotopic (exact) mass is 617 g/mol. The van der Waals surface area contributed by atoms with Crippen molar-refractivity contribution in [3.05, 3.63) is 29.3 Å². The van der Waals surface area contributed by atoms with Crippen LogP contribution in [0.15, 0.2) is 18.2 Å². The molecule has 2 saturated heterocycles. The topological polar surface area (TPSA) is 97.9 Å². The van der Waals surface area contributed by atoms with Gasteiger partial charge < -0.3 is 33.6 Å². The quantitative estimate of drug-likeness (QED) is 0.282. The molecule has 44 heavy (non-hydrogen) atoms. The summed E-state index contributed by atoms with van der Waals surface area (Å²) in [5.41, 5.74) is 0.904. The molecule has 0 aromatic heterocycles. The van der Waals surface area contributed by atoms with Gasteiger partial charge in [0.25, 0.3) is 5.91 Å². The van der Waals surface area contributed by atoms with Crippen LogP contribution >= 0.6 is 0 Å². The van der Waals surface area contributed by atoms with E-state index in [9.17, 15) is 14.4 Å². The van der Waals surface area contributed by atoms with Crippen LogP contribution in [0.2, 0.25) is 0 Å². The van der Waals surface area contributed by atoms with Gasteiger partial charge >= 0.3 is 6.09 Å². The molecule has 0 N–H and O–H groups in total. The summed E-state index contributed by atoms with van der Waals surface area (Å²) in [5.74, 6) is 0.587. The van der Waals surface area contributed by atoms with E-state index in [0.717, 1.165) is 31.2 Å². The number of methoxy groups -OCH3 is 1. The van der Waals surface area contributed by atoms with E-state index in [1.165, 1.54) is 0 Å². The predicted molar refractivity (Wildman–Crippen MR) is 170 cm³/mol. The number of aryl methyl sites for hydroxylation is 1. The number of carbonyl (C=O) groups is 3. The van der Waals surface area contributed by atoms with Crippen LogP contribution in [-0.2, 0) is 19.0 Å². The fraction of sp³-hybridized carbons (Fsp3) is 0.735. The van der Waals surface area contributed by atoms with E-state index >= 15 is 0 Å². The Hall–Kier alpha value is -2.85. The van der Waals surface area contributed by atoms with Crippen molar-refractivity contribution < 1.29 is 33.3 Å². The minimum Gasteiger partial charge on any atom is -0.493 e. The Labute approximate surface area is 264 Å². The van der Waals surface area contributed by atoms with E-state index in [1.807, 2.05) is 71.7 Å². The zero-order chi connectivity index (χ0) is 32.4. The molecule has 10 nitrogen and oxygen atoms in total. The highest BCUT2D eigenvalue weighted by atomic mass is 16.6. The first-order valence-electron chi connectivity index (χ1n) is 16.2.